The summed E-state index contributed by atoms with van der Waals surface area (Å²) in [7, 11) is 4.89. The Hall–Kier alpha value is -1.42. The van der Waals surface area contributed by atoms with Gasteiger partial charge in [0.15, 0.2) is 11.5 Å². The normalized spacial score (nSPS) is 12.3. The standard InChI is InChI=1S/C17H29NO3/c1-12(2)7-8-13(3)18-11-14-9-15(19-4)17(21-6)16(10-14)20-5/h9-10,12-13,18H,7-8,11H2,1-6H3. The van der Waals surface area contributed by atoms with Crippen LogP contribution in [0.25, 0.3) is 0 Å². The van der Waals surface area contributed by atoms with Gasteiger partial charge in [-0.25, -0.2) is 0 Å². The molecule has 1 unspecified atom stereocenters. The molecule has 0 saturated carbocycles. The molecule has 120 valence electrons. The van der Waals surface area contributed by atoms with Crippen molar-refractivity contribution in [2.75, 3.05) is 21.3 Å². The molecule has 0 saturated heterocycles. The lowest BCUT2D eigenvalue weighted by atomic mass is 10.0. The maximum atomic E-state index is 5.37. The van der Waals surface area contributed by atoms with E-state index in [1.54, 1.807) is 21.3 Å². The van der Waals surface area contributed by atoms with E-state index in [1.807, 2.05) is 12.1 Å². The third-order valence-corrected chi connectivity index (χ3v) is 3.56. The number of hydrogen-bond acceptors (Lipinski definition) is 4. The van der Waals surface area contributed by atoms with Crippen LogP contribution in [0.4, 0.5) is 0 Å². The average Bonchev–Trinajstić information content (AvgIpc) is 2.49. The molecule has 21 heavy (non-hydrogen) atoms. The Kier molecular flexibility index (Phi) is 7.37. The quantitative estimate of drug-likeness (QED) is 0.755. The van der Waals surface area contributed by atoms with Crippen LogP contribution in [0.3, 0.4) is 0 Å². The Morgan fingerprint density at radius 1 is 0.905 bits per heavy atom. The fourth-order valence-corrected chi connectivity index (χ4v) is 2.21. The molecule has 1 aromatic carbocycles. The van der Waals surface area contributed by atoms with Gasteiger partial charge in [-0.3, -0.25) is 0 Å². The lowest BCUT2D eigenvalue weighted by Gasteiger charge is -2.17. The summed E-state index contributed by atoms with van der Waals surface area (Å²) in [6, 6.07) is 4.47. The Morgan fingerprint density at radius 3 is 1.90 bits per heavy atom. The van der Waals surface area contributed by atoms with Crippen molar-refractivity contribution in [2.24, 2.45) is 5.92 Å². The highest BCUT2D eigenvalue weighted by molar-refractivity contribution is 5.53. The fraction of sp³-hybridized carbons (Fsp3) is 0.647. The minimum atomic E-state index is 0.492. The highest BCUT2D eigenvalue weighted by Crippen LogP contribution is 2.38. The molecule has 1 aromatic rings. The first-order chi connectivity index (χ1) is 10.0. The first-order valence-corrected chi connectivity index (χ1v) is 7.54. The predicted octanol–water partition coefficient (Wildman–Crippen LogP) is 3.63. The molecule has 1 N–H and O–H groups in total. The summed E-state index contributed by atoms with van der Waals surface area (Å²) < 4.78 is 16.1. The van der Waals surface area contributed by atoms with Crippen molar-refractivity contribution in [3.63, 3.8) is 0 Å². The molecule has 0 aromatic heterocycles. The zero-order chi connectivity index (χ0) is 15.8. The van der Waals surface area contributed by atoms with Crippen molar-refractivity contribution in [1.82, 2.24) is 5.32 Å². The van der Waals surface area contributed by atoms with E-state index in [4.69, 9.17) is 14.2 Å². The second-order valence-electron chi connectivity index (χ2n) is 5.79. The van der Waals surface area contributed by atoms with E-state index in [2.05, 4.69) is 26.1 Å². The van der Waals surface area contributed by atoms with Gasteiger partial charge in [-0.05, 0) is 43.4 Å². The van der Waals surface area contributed by atoms with E-state index >= 15 is 0 Å². The molecule has 0 aliphatic rings. The number of methoxy groups -OCH3 is 3. The van der Waals surface area contributed by atoms with E-state index in [-0.39, 0.29) is 0 Å². The molecule has 0 amide bonds. The Morgan fingerprint density at radius 2 is 1.48 bits per heavy atom. The minimum Gasteiger partial charge on any atom is -0.493 e. The number of rotatable bonds is 9. The summed E-state index contributed by atoms with van der Waals surface area (Å²) in [6.45, 7) is 7.52. The van der Waals surface area contributed by atoms with Crippen molar-refractivity contribution < 1.29 is 14.2 Å². The third kappa shape index (κ3) is 5.46. The van der Waals surface area contributed by atoms with Crippen molar-refractivity contribution in [2.45, 2.75) is 46.2 Å². The molecule has 4 heteroatoms. The van der Waals surface area contributed by atoms with Crippen LogP contribution in [0.15, 0.2) is 12.1 Å². The summed E-state index contributed by atoms with van der Waals surface area (Å²) in [5.41, 5.74) is 1.13. The SMILES string of the molecule is COc1cc(CNC(C)CCC(C)C)cc(OC)c1OC. The summed E-state index contributed by atoms with van der Waals surface area (Å²) in [5, 5.41) is 3.54. The Balaban J connectivity index is 2.71. The summed E-state index contributed by atoms with van der Waals surface area (Å²) in [5.74, 6) is 2.78. The molecule has 0 spiro atoms. The number of ether oxygens (including phenoxy) is 3. The Bertz CT molecular complexity index is 407. The van der Waals surface area contributed by atoms with E-state index in [0.29, 0.717) is 23.3 Å². The van der Waals surface area contributed by atoms with Crippen LogP contribution in [0.2, 0.25) is 0 Å². The zero-order valence-corrected chi connectivity index (χ0v) is 14.2. The number of hydrogen-bond donors (Lipinski definition) is 1. The van der Waals surface area contributed by atoms with Crippen molar-refractivity contribution >= 4 is 0 Å². The Labute approximate surface area is 128 Å². The fourth-order valence-electron chi connectivity index (χ4n) is 2.21. The van der Waals surface area contributed by atoms with E-state index in [9.17, 15) is 0 Å². The first kappa shape index (κ1) is 17.6. The minimum absolute atomic E-state index is 0.492. The highest BCUT2D eigenvalue weighted by atomic mass is 16.5. The predicted molar refractivity (Wildman–Crippen MR) is 86.5 cm³/mol. The topological polar surface area (TPSA) is 39.7 Å². The van der Waals surface area contributed by atoms with Crippen molar-refractivity contribution in [3.8, 4) is 17.2 Å². The summed E-state index contributed by atoms with van der Waals surface area (Å²) >= 11 is 0. The van der Waals surface area contributed by atoms with Gasteiger partial charge in [0.2, 0.25) is 5.75 Å². The van der Waals surface area contributed by atoms with Gasteiger partial charge < -0.3 is 19.5 Å². The monoisotopic (exact) mass is 295 g/mol. The molecule has 0 aliphatic heterocycles. The van der Waals surface area contributed by atoms with Gasteiger partial charge in [-0.1, -0.05) is 13.8 Å². The largest absolute Gasteiger partial charge is 0.493 e. The maximum Gasteiger partial charge on any atom is 0.203 e. The lowest BCUT2D eigenvalue weighted by molar-refractivity contribution is 0.323. The van der Waals surface area contributed by atoms with Crippen LogP contribution in [-0.4, -0.2) is 27.4 Å². The smallest absolute Gasteiger partial charge is 0.203 e. The molecule has 0 bridgehead atoms. The van der Waals surface area contributed by atoms with E-state index < -0.39 is 0 Å². The lowest BCUT2D eigenvalue weighted by Crippen LogP contribution is -2.25. The van der Waals surface area contributed by atoms with Crippen molar-refractivity contribution in [1.29, 1.82) is 0 Å². The average molecular weight is 295 g/mol. The van der Waals surface area contributed by atoms with Gasteiger partial charge in [-0.2, -0.15) is 0 Å². The second kappa shape index (κ2) is 8.78. The van der Waals surface area contributed by atoms with Crippen LogP contribution >= 0.6 is 0 Å². The molecular formula is C17H29NO3. The van der Waals surface area contributed by atoms with Crippen LogP contribution < -0.4 is 19.5 Å². The second-order valence-corrected chi connectivity index (χ2v) is 5.79. The summed E-state index contributed by atoms with van der Waals surface area (Å²) in [6.07, 6.45) is 2.42. The van der Waals surface area contributed by atoms with E-state index in [1.165, 1.54) is 12.8 Å². The highest BCUT2D eigenvalue weighted by Gasteiger charge is 2.13. The van der Waals surface area contributed by atoms with Crippen molar-refractivity contribution in [3.05, 3.63) is 17.7 Å². The molecular weight excluding hydrogens is 266 g/mol. The van der Waals surface area contributed by atoms with Crippen LogP contribution in [-0.2, 0) is 6.54 Å². The van der Waals surface area contributed by atoms with Crippen LogP contribution in [0, 0.1) is 5.92 Å². The molecule has 0 fully saturated rings. The maximum absolute atomic E-state index is 5.37. The van der Waals surface area contributed by atoms with Gasteiger partial charge >= 0.3 is 0 Å². The molecule has 1 rings (SSSR count). The van der Waals surface area contributed by atoms with Gasteiger partial charge in [0, 0.05) is 12.6 Å². The zero-order valence-electron chi connectivity index (χ0n) is 14.2. The van der Waals surface area contributed by atoms with Gasteiger partial charge in [0.25, 0.3) is 0 Å². The molecule has 0 aliphatic carbocycles. The van der Waals surface area contributed by atoms with Gasteiger partial charge in [-0.15, -0.1) is 0 Å². The first-order valence-electron chi connectivity index (χ1n) is 7.54. The van der Waals surface area contributed by atoms with Crippen LogP contribution in [0.1, 0.15) is 39.2 Å². The molecule has 1 atom stereocenters. The molecule has 4 nitrogen and oxygen atoms in total. The molecule has 0 radical (unpaired) electrons. The van der Waals surface area contributed by atoms with Gasteiger partial charge in [0.05, 0.1) is 21.3 Å². The van der Waals surface area contributed by atoms with Gasteiger partial charge in [0.1, 0.15) is 0 Å². The number of benzene rings is 1. The molecule has 0 heterocycles. The third-order valence-electron chi connectivity index (χ3n) is 3.56. The summed E-state index contributed by atoms with van der Waals surface area (Å²) in [4.78, 5) is 0. The van der Waals surface area contributed by atoms with Crippen LogP contribution in [0.5, 0.6) is 17.2 Å². The van der Waals surface area contributed by atoms with E-state index in [0.717, 1.165) is 18.0 Å². The number of nitrogens with one attached hydrogen (secondary N) is 1.